The van der Waals surface area contributed by atoms with Crippen LogP contribution in [0.4, 0.5) is 0 Å². The van der Waals surface area contributed by atoms with Gasteiger partial charge in [0, 0.05) is 5.56 Å². The Bertz CT molecular complexity index is 562. The standard InChI is InChI=1S/C12H15ClN4O/c1-8-10(13)16-12-14-7-15-17(12)11(8)18-9-5-3-2-4-6-9/h7,9H,2-6H2,1H3. The molecule has 3 rings (SSSR count). The molecule has 0 aliphatic heterocycles. The van der Waals surface area contributed by atoms with Crippen molar-refractivity contribution in [1.29, 1.82) is 0 Å². The van der Waals surface area contributed by atoms with Gasteiger partial charge in [0.2, 0.25) is 5.88 Å². The average molecular weight is 267 g/mol. The molecule has 5 nitrogen and oxygen atoms in total. The molecule has 1 aliphatic carbocycles. The van der Waals surface area contributed by atoms with Crippen molar-refractivity contribution in [1.82, 2.24) is 19.6 Å². The van der Waals surface area contributed by atoms with Crippen LogP contribution in [-0.4, -0.2) is 25.7 Å². The van der Waals surface area contributed by atoms with Gasteiger partial charge in [0.15, 0.2) is 0 Å². The summed E-state index contributed by atoms with van der Waals surface area (Å²) in [5.41, 5.74) is 0.820. The van der Waals surface area contributed by atoms with Crippen LogP contribution < -0.4 is 4.74 Å². The molecule has 0 N–H and O–H groups in total. The van der Waals surface area contributed by atoms with E-state index in [4.69, 9.17) is 16.3 Å². The van der Waals surface area contributed by atoms with Crippen LogP contribution >= 0.6 is 11.6 Å². The summed E-state index contributed by atoms with van der Waals surface area (Å²) in [4.78, 5) is 8.21. The highest BCUT2D eigenvalue weighted by Crippen LogP contribution is 2.28. The zero-order chi connectivity index (χ0) is 12.5. The summed E-state index contributed by atoms with van der Waals surface area (Å²) in [5.74, 6) is 1.16. The summed E-state index contributed by atoms with van der Waals surface area (Å²) < 4.78 is 7.70. The Morgan fingerprint density at radius 1 is 1.33 bits per heavy atom. The van der Waals surface area contributed by atoms with E-state index in [1.54, 1.807) is 4.52 Å². The summed E-state index contributed by atoms with van der Waals surface area (Å²) in [7, 11) is 0. The van der Waals surface area contributed by atoms with E-state index in [2.05, 4.69) is 15.1 Å². The van der Waals surface area contributed by atoms with Crippen molar-refractivity contribution in [3.63, 3.8) is 0 Å². The third kappa shape index (κ3) is 2.03. The summed E-state index contributed by atoms with van der Waals surface area (Å²) >= 11 is 6.10. The van der Waals surface area contributed by atoms with Gasteiger partial charge in [0.05, 0.1) is 0 Å². The van der Waals surface area contributed by atoms with Crippen LogP contribution in [0.3, 0.4) is 0 Å². The largest absolute Gasteiger partial charge is 0.474 e. The van der Waals surface area contributed by atoms with Crippen molar-refractivity contribution in [2.45, 2.75) is 45.1 Å². The second kappa shape index (κ2) is 4.72. The lowest BCUT2D eigenvalue weighted by molar-refractivity contribution is 0.144. The lowest BCUT2D eigenvalue weighted by Crippen LogP contribution is -2.21. The van der Waals surface area contributed by atoms with Crippen LogP contribution in [0.5, 0.6) is 5.88 Å². The van der Waals surface area contributed by atoms with Gasteiger partial charge in [-0.25, -0.2) is 0 Å². The highest BCUT2D eigenvalue weighted by molar-refractivity contribution is 6.30. The van der Waals surface area contributed by atoms with Crippen LogP contribution in [0, 0.1) is 6.92 Å². The van der Waals surface area contributed by atoms with Gasteiger partial charge < -0.3 is 4.74 Å². The van der Waals surface area contributed by atoms with E-state index in [-0.39, 0.29) is 6.10 Å². The molecule has 6 heteroatoms. The van der Waals surface area contributed by atoms with Gasteiger partial charge in [0.25, 0.3) is 5.78 Å². The molecule has 0 unspecified atom stereocenters. The summed E-state index contributed by atoms with van der Waals surface area (Å²) in [6.45, 7) is 1.90. The number of nitrogens with zero attached hydrogens (tertiary/aromatic N) is 4. The monoisotopic (exact) mass is 266 g/mol. The highest BCUT2D eigenvalue weighted by Gasteiger charge is 2.20. The van der Waals surface area contributed by atoms with Crippen molar-refractivity contribution in [3.8, 4) is 5.88 Å². The molecule has 0 aromatic carbocycles. The molecule has 0 spiro atoms. The van der Waals surface area contributed by atoms with Crippen LogP contribution in [-0.2, 0) is 0 Å². The average Bonchev–Trinajstić information content (AvgIpc) is 2.84. The van der Waals surface area contributed by atoms with E-state index in [9.17, 15) is 0 Å². The second-order valence-corrected chi connectivity index (χ2v) is 5.04. The lowest BCUT2D eigenvalue weighted by Gasteiger charge is -2.23. The van der Waals surface area contributed by atoms with Crippen molar-refractivity contribution in [2.75, 3.05) is 0 Å². The molecule has 0 radical (unpaired) electrons. The van der Waals surface area contributed by atoms with Gasteiger partial charge in [-0.2, -0.15) is 19.6 Å². The first-order valence-corrected chi connectivity index (χ1v) is 6.66. The van der Waals surface area contributed by atoms with Gasteiger partial charge in [-0.15, -0.1) is 0 Å². The fourth-order valence-electron chi connectivity index (χ4n) is 2.35. The van der Waals surface area contributed by atoms with Crippen LogP contribution in [0.1, 0.15) is 37.7 Å². The summed E-state index contributed by atoms with van der Waals surface area (Å²) in [6, 6.07) is 0. The number of aromatic nitrogens is 4. The number of ether oxygens (including phenoxy) is 1. The Morgan fingerprint density at radius 3 is 2.89 bits per heavy atom. The lowest BCUT2D eigenvalue weighted by atomic mass is 9.98. The first-order chi connectivity index (χ1) is 8.75. The molecular formula is C12H15ClN4O. The Balaban J connectivity index is 1.98. The molecule has 1 fully saturated rings. The van der Waals surface area contributed by atoms with Gasteiger partial charge in [-0.05, 0) is 32.6 Å². The third-order valence-corrected chi connectivity index (χ3v) is 3.75. The van der Waals surface area contributed by atoms with E-state index in [0.717, 1.165) is 18.4 Å². The molecule has 2 heterocycles. The Hall–Kier alpha value is -1.36. The molecule has 96 valence electrons. The van der Waals surface area contributed by atoms with E-state index < -0.39 is 0 Å². The molecule has 2 aromatic rings. The molecule has 0 atom stereocenters. The van der Waals surface area contributed by atoms with Gasteiger partial charge >= 0.3 is 0 Å². The predicted octanol–water partition coefficient (Wildman–Crippen LogP) is 2.80. The van der Waals surface area contributed by atoms with Crippen molar-refractivity contribution in [3.05, 3.63) is 17.0 Å². The van der Waals surface area contributed by atoms with E-state index >= 15 is 0 Å². The van der Waals surface area contributed by atoms with Crippen molar-refractivity contribution in [2.24, 2.45) is 0 Å². The van der Waals surface area contributed by atoms with Crippen LogP contribution in [0.2, 0.25) is 5.15 Å². The quantitative estimate of drug-likeness (QED) is 0.785. The van der Waals surface area contributed by atoms with E-state index in [1.165, 1.54) is 25.6 Å². The fourth-order valence-corrected chi connectivity index (χ4v) is 2.51. The predicted molar refractivity (Wildman–Crippen MR) is 68.0 cm³/mol. The fraction of sp³-hybridized carbons (Fsp3) is 0.583. The second-order valence-electron chi connectivity index (χ2n) is 4.68. The Morgan fingerprint density at radius 2 is 2.11 bits per heavy atom. The topological polar surface area (TPSA) is 52.3 Å². The maximum Gasteiger partial charge on any atom is 0.256 e. The zero-order valence-corrected chi connectivity index (χ0v) is 11.0. The minimum absolute atomic E-state index is 0.253. The third-order valence-electron chi connectivity index (χ3n) is 3.38. The number of hydrogen-bond acceptors (Lipinski definition) is 4. The number of fused-ring (bicyclic) bond motifs is 1. The first-order valence-electron chi connectivity index (χ1n) is 6.28. The molecular weight excluding hydrogens is 252 g/mol. The molecule has 18 heavy (non-hydrogen) atoms. The normalized spacial score (nSPS) is 17.2. The SMILES string of the molecule is Cc1c(Cl)nc2ncnn2c1OC1CCCCC1. The molecule has 1 saturated carbocycles. The van der Waals surface area contributed by atoms with Crippen LogP contribution in [0.25, 0.3) is 5.78 Å². The molecule has 0 bridgehead atoms. The number of halogens is 1. The maximum atomic E-state index is 6.10. The molecule has 0 saturated heterocycles. The maximum absolute atomic E-state index is 6.10. The first kappa shape index (κ1) is 11.7. The smallest absolute Gasteiger partial charge is 0.256 e. The van der Waals surface area contributed by atoms with Gasteiger partial charge in [-0.1, -0.05) is 18.0 Å². The molecule has 0 amide bonds. The Kier molecular flexibility index (Phi) is 3.07. The molecule has 1 aliphatic rings. The van der Waals surface area contributed by atoms with E-state index in [0.29, 0.717) is 16.8 Å². The summed E-state index contributed by atoms with van der Waals surface area (Å²) in [6.07, 6.45) is 7.65. The number of hydrogen-bond donors (Lipinski definition) is 0. The van der Waals surface area contributed by atoms with Gasteiger partial charge in [-0.3, -0.25) is 0 Å². The number of rotatable bonds is 2. The van der Waals surface area contributed by atoms with E-state index in [1.807, 2.05) is 6.92 Å². The highest BCUT2D eigenvalue weighted by atomic mass is 35.5. The van der Waals surface area contributed by atoms with Gasteiger partial charge in [0.1, 0.15) is 17.6 Å². The minimum atomic E-state index is 0.253. The van der Waals surface area contributed by atoms with Crippen molar-refractivity contribution < 1.29 is 4.74 Å². The molecule has 2 aromatic heterocycles. The van der Waals surface area contributed by atoms with Crippen LogP contribution in [0.15, 0.2) is 6.33 Å². The zero-order valence-electron chi connectivity index (χ0n) is 10.3. The van der Waals surface area contributed by atoms with Crippen molar-refractivity contribution >= 4 is 17.4 Å². The summed E-state index contributed by atoms with van der Waals surface area (Å²) in [5, 5.41) is 4.58. The minimum Gasteiger partial charge on any atom is -0.474 e. The Labute approximate surface area is 110 Å².